The molecule has 33 heavy (non-hydrogen) atoms. The highest BCUT2D eigenvalue weighted by atomic mass is 16.5. The van der Waals surface area contributed by atoms with E-state index in [1.807, 2.05) is 48.5 Å². The van der Waals surface area contributed by atoms with Crippen LogP contribution in [0.5, 0.6) is 5.75 Å². The van der Waals surface area contributed by atoms with E-state index >= 15 is 0 Å². The first-order chi connectivity index (χ1) is 16.1. The number of carbonyl (C=O) groups is 1. The van der Waals surface area contributed by atoms with Crippen LogP contribution in [0.1, 0.15) is 43.7 Å². The first-order valence-electron chi connectivity index (χ1n) is 12.0. The molecule has 2 fully saturated rings. The molecule has 0 unspecified atom stereocenters. The smallest absolute Gasteiger partial charge is 0.238 e. The van der Waals surface area contributed by atoms with Gasteiger partial charge in [-0.25, -0.2) is 0 Å². The zero-order chi connectivity index (χ0) is 22.8. The van der Waals surface area contributed by atoms with Gasteiger partial charge < -0.3 is 15.2 Å². The summed E-state index contributed by atoms with van der Waals surface area (Å²) in [4.78, 5) is 15.5. The standard InChI is InChI=1S/C28H32N2O3/c1-33-25-15-5-4-12-22(25)27-23-13-6-7-16-28(23,32)17-18-30(27)19-26(31)29-24-14-8-10-20-9-2-3-11-21(20)24/h2-5,8-12,14-15,23,27,32H,6-7,13,16-19H2,1H3,(H,29,31)/t23-,27-,28+/m1/s1. The molecule has 2 aliphatic rings. The van der Waals surface area contributed by atoms with Crippen molar-refractivity contribution >= 4 is 22.4 Å². The molecule has 0 aromatic heterocycles. The van der Waals surface area contributed by atoms with E-state index in [2.05, 4.69) is 28.4 Å². The number of benzene rings is 3. The lowest BCUT2D eigenvalue weighted by Crippen LogP contribution is -2.56. The number of rotatable bonds is 5. The Labute approximate surface area is 195 Å². The number of amides is 1. The van der Waals surface area contributed by atoms with E-state index in [9.17, 15) is 9.90 Å². The molecule has 1 saturated heterocycles. The highest BCUT2D eigenvalue weighted by Crippen LogP contribution is 2.50. The zero-order valence-corrected chi connectivity index (χ0v) is 19.2. The third-order valence-electron chi connectivity index (χ3n) is 7.54. The van der Waals surface area contributed by atoms with Crippen molar-refractivity contribution < 1.29 is 14.6 Å². The third kappa shape index (κ3) is 4.23. The van der Waals surface area contributed by atoms with Crippen molar-refractivity contribution in [3.05, 3.63) is 72.3 Å². The summed E-state index contributed by atoms with van der Waals surface area (Å²) in [6.07, 6.45) is 4.66. The number of carbonyl (C=O) groups excluding carboxylic acids is 1. The minimum atomic E-state index is -0.674. The van der Waals surface area contributed by atoms with E-state index in [4.69, 9.17) is 4.74 Å². The highest BCUT2D eigenvalue weighted by molar-refractivity contribution is 6.02. The fourth-order valence-corrected chi connectivity index (χ4v) is 5.95. The van der Waals surface area contributed by atoms with Crippen LogP contribution in [0.2, 0.25) is 0 Å². The monoisotopic (exact) mass is 444 g/mol. The van der Waals surface area contributed by atoms with Gasteiger partial charge >= 0.3 is 0 Å². The number of hydrogen-bond acceptors (Lipinski definition) is 4. The number of para-hydroxylation sites is 1. The number of piperidine rings is 1. The largest absolute Gasteiger partial charge is 0.496 e. The summed E-state index contributed by atoms with van der Waals surface area (Å²) >= 11 is 0. The van der Waals surface area contributed by atoms with E-state index in [0.717, 1.165) is 53.5 Å². The van der Waals surface area contributed by atoms with Crippen LogP contribution < -0.4 is 10.1 Å². The third-order valence-corrected chi connectivity index (χ3v) is 7.54. The average molecular weight is 445 g/mol. The first kappa shape index (κ1) is 21.9. The van der Waals surface area contributed by atoms with Gasteiger partial charge in [-0.2, -0.15) is 0 Å². The molecule has 1 heterocycles. The van der Waals surface area contributed by atoms with Crippen molar-refractivity contribution in [1.29, 1.82) is 0 Å². The summed E-state index contributed by atoms with van der Waals surface area (Å²) < 4.78 is 5.70. The van der Waals surface area contributed by atoms with Gasteiger partial charge in [0.25, 0.3) is 0 Å². The molecule has 1 aliphatic heterocycles. The average Bonchev–Trinajstić information content (AvgIpc) is 2.84. The lowest BCUT2D eigenvalue weighted by Gasteiger charge is -2.52. The van der Waals surface area contributed by atoms with E-state index in [0.29, 0.717) is 13.0 Å². The van der Waals surface area contributed by atoms with Crippen molar-refractivity contribution in [3.8, 4) is 5.75 Å². The predicted molar refractivity (Wildman–Crippen MR) is 131 cm³/mol. The molecule has 1 saturated carbocycles. The number of ether oxygens (including phenoxy) is 1. The summed E-state index contributed by atoms with van der Waals surface area (Å²) in [5.41, 5.74) is 1.22. The fourth-order valence-electron chi connectivity index (χ4n) is 5.95. The minimum absolute atomic E-state index is 0.0347. The van der Waals surface area contributed by atoms with Crippen LogP contribution in [0, 0.1) is 5.92 Å². The van der Waals surface area contributed by atoms with E-state index in [1.165, 1.54) is 0 Å². The molecular formula is C28H32N2O3. The molecular weight excluding hydrogens is 412 g/mol. The van der Waals surface area contributed by atoms with Gasteiger partial charge in [0.2, 0.25) is 5.91 Å². The van der Waals surface area contributed by atoms with Crippen LogP contribution in [0.25, 0.3) is 10.8 Å². The molecule has 0 spiro atoms. The van der Waals surface area contributed by atoms with E-state index < -0.39 is 5.60 Å². The highest BCUT2D eigenvalue weighted by Gasteiger charge is 2.49. The van der Waals surface area contributed by atoms with Crippen molar-refractivity contribution in [3.63, 3.8) is 0 Å². The van der Waals surface area contributed by atoms with Crippen LogP contribution in [0.4, 0.5) is 5.69 Å². The van der Waals surface area contributed by atoms with Crippen LogP contribution in [0.15, 0.2) is 66.7 Å². The topological polar surface area (TPSA) is 61.8 Å². The summed E-state index contributed by atoms with van der Waals surface area (Å²) in [7, 11) is 1.69. The molecule has 3 aromatic rings. The van der Waals surface area contributed by atoms with Gasteiger partial charge in [0, 0.05) is 35.1 Å². The Morgan fingerprint density at radius 1 is 1.06 bits per heavy atom. The van der Waals surface area contributed by atoms with Crippen LogP contribution in [0.3, 0.4) is 0 Å². The zero-order valence-electron chi connectivity index (χ0n) is 19.2. The first-order valence-corrected chi connectivity index (χ1v) is 12.0. The van der Waals surface area contributed by atoms with Gasteiger partial charge in [-0.05, 0) is 36.8 Å². The Balaban J connectivity index is 1.43. The predicted octanol–water partition coefficient (Wildman–Crippen LogP) is 5.16. The number of methoxy groups -OCH3 is 1. The molecule has 172 valence electrons. The quantitative estimate of drug-likeness (QED) is 0.571. The number of nitrogens with zero attached hydrogens (tertiary/aromatic N) is 1. The van der Waals surface area contributed by atoms with Gasteiger partial charge in [0.05, 0.1) is 19.3 Å². The maximum atomic E-state index is 13.2. The summed E-state index contributed by atoms with van der Waals surface area (Å²) in [5.74, 6) is 0.867. The second kappa shape index (κ2) is 9.16. The number of aliphatic hydroxyl groups is 1. The summed E-state index contributed by atoms with van der Waals surface area (Å²) in [6, 6.07) is 22.0. The lowest BCUT2D eigenvalue weighted by molar-refractivity contribution is -0.135. The van der Waals surface area contributed by atoms with Crippen LogP contribution in [-0.2, 0) is 4.79 Å². The number of fused-ring (bicyclic) bond motifs is 2. The Morgan fingerprint density at radius 3 is 2.73 bits per heavy atom. The molecule has 2 N–H and O–H groups in total. The molecule has 1 amide bonds. The normalized spacial score (nSPS) is 25.4. The maximum Gasteiger partial charge on any atom is 0.238 e. The fraction of sp³-hybridized carbons (Fsp3) is 0.393. The molecule has 0 bridgehead atoms. The molecule has 5 rings (SSSR count). The second-order valence-corrected chi connectivity index (χ2v) is 9.44. The Kier molecular flexibility index (Phi) is 6.09. The minimum Gasteiger partial charge on any atom is -0.496 e. The second-order valence-electron chi connectivity index (χ2n) is 9.44. The Hall–Kier alpha value is -2.89. The van der Waals surface area contributed by atoms with Crippen LogP contribution in [-0.4, -0.2) is 41.7 Å². The van der Waals surface area contributed by atoms with E-state index in [-0.39, 0.29) is 24.4 Å². The van der Waals surface area contributed by atoms with Crippen molar-refractivity contribution in [2.45, 2.75) is 43.7 Å². The summed E-state index contributed by atoms with van der Waals surface area (Å²) in [6.45, 7) is 0.956. The molecule has 5 heteroatoms. The van der Waals surface area contributed by atoms with E-state index in [1.54, 1.807) is 7.11 Å². The number of likely N-dealkylation sites (tertiary alicyclic amines) is 1. The van der Waals surface area contributed by atoms with Crippen molar-refractivity contribution in [1.82, 2.24) is 4.90 Å². The van der Waals surface area contributed by atoms with Gasteiger partial charge in [0.1, 0.15) is 5.75 Å². The van der Waals surface area contributed by atoms with Crippen LogP contribution >= 0.6 is 0 Å². The number of anilines is 1. The molecule has 5 nitrogen and oxygen atoms in total. The van der Waals surface area contributed by atoms with Crippen molar-refractivity contribution in [2.75, 3.05) is 25.5 Å². The van der Waals surface area contributed by atoms with Gasteiger partial charge in [0.15, 0.2) is 0 Å². The molecule has 3 aromatic carbocycles. The van der Waals surface area contributed by atoms with Gasteiger partial charge in [-0.1, -0.05) is 67.4 Å². The Bertz CT molecular complexity index is 1140. The molecule has 0 radical (unpaired) electrons. The lowest BCUT2D eigenvalue weighted by atomic mass is 9.66. The van der Waals surface area contributed by atoms with Crippen molar-refractivity contribution in [2.24, 2.45) is 5.92 Å². The Morgan fingerprint density at radius 2 is 1.85 bits per heavy atom. The number of nitrogens with one attached hydrogen (secondary N) is 1. The molecule has 3 atom stereocenters. The maximum absolute atomic E-state index is 13.2. The number of hydrogen-bond donors (Lipinski definition) is 2. The van der Waals surface area contributed by atoms with Gasteiger partial charge in [-0.3, -0.25) is 9.69 Å². The SMILES string of the molecule is COc1ccccc1[C@@H]1[C@H]2CCCC[C@]2(O)CCN1CC(=O)Nc1cccc2ccccc12. The summed E-state index contributed by atoms with van der Waals surface area (Å²) in [5, 5.41) is 16.8. The molecule has 1 aliphatic carbocycles. The van der Waals surface area contributed by atoms with Gasteiger partial charge in [-0.15, -0.1) is 0 Å².